The number of ether oxygens (including phenoxy) is 1. The van der Waals surface area contributed by atoms with E-state index in [0.717, 1.165) is 26.1 Å². The van der Waals surface area contributed by atoms with Crippen LogP contribution in [0.15, 0.2) is 24.3 Å². The Labute approximate surface area is 215 Å². The van der Waals surface area contributed by atoms with Crippen molar-refractivity contribution in [1.29, 1.82) is 0 Å². The molecule has 1 fully saturated rings. The number of hydrogen-bond acceptors (Lipinski definition) is 6. The van der Waals surface area contributed by atoms with E-state index in [2.05, 4.69) is 10.2 Å². The first kappa shape index (κ1) is 29.5. The molecule has 1 saturated heterocycles. The summed E-state index contributed by atoms with van der Waals surface area (Å²) in [6, 6.07) is 6.95. The Balaban J connectivity index is 1.72. The van der Waals surface area contributed by atoms with Crippen LogP contribution in [0.1, 0.15) is 84.0 Å². The maximum atomic E-state index is 12.7. The van der Waals surface area contributed by atoms with Crippen LogP contribution in [0.3, 0.4) is 0 Å². The molecule has 36 heavy (non-hydrogen) atoms. The van der Waals surface area contributed by atoms with E-state index in [1.54, 1.807) is 29.2 Å². The van der Waals surface area contributed by atoms with Crippen molar-refractivity contribution in [2.24, 2.45) is 5.41 Å². The minimum absolute atomic E-state index is 0.0267. The normalized spacial score (nSPS) is 14.9. The van der Waals surface area contributed by atoms with Gasteiger partial charge in [0.2, 0.25) is 5.91 Å². The molecule has 1 N–H and O–H groups in total. The van der Waals surface area contributed by atoms with Crippen molar-refractivity contribution in [2.75, 3.05) is 38.0 Å². The fourth-order valence-electron chi connectivity index (χ4n) is 4.01. The van der Waals surface area contributed by atoms with Gasteiger partial charge in [0.25, 0.3) is 0 Å². The molecular formula is C28H43N3O5. The molecule has 1 aromatic rings. The van der Waals surface area contributed by atoms with Gasteiger partial charge in [-0.1, -0.05) is 32.9 Å². The third-order valence-corrected chi connectivity index (χ3v) is 5.73. The molecule has 2 rings (SSSR count). The van der Waals surface area contributed by atoms with Gasteiger partial charge in [-0.25, -0.2) is 4.79 Å². The average Bonchev–Trinajstić information content (AvgIpc) is 2.76. The fraction of sp³-hybridized carbons (Fsp3) is 0.643. The predicted octanol–water partition coefficient (Wildman–Crippen LogP) is 4.93. The summed E-state index contributed by atoms with van der Waals surface area (Å²) in [4.78, 5) is 53.2. The molecule has 0 spiro atoms. The van der Waals surface area contributed by atoms with Crippen molar-refractivity contribution in [3.05, 3.63) is 29.8 Å². The molecule has 0 unspecified atom stereocenters. The topological polar surface area (TPSA) is 96.0 Å². The van der Waals surface area contributed by atoms with Crippen molar-refractivity contribution in [1.82, 2.24) is 9.80 Å². The van der Waals surface area contributed by atoms with Crippen molar-refractivity contribution in [3.63, 3.8) is 0 Å². The number of anilines is 1. The van der Waals surface area contributed by atoms with Gasteiger partial charge in [-0.3, -0.25) is 19.3 Å². The molecule has 1 aliphatic heterocycles. The molecule has 1 aromatic carbocycles. The lowest BCUT2D eigenvalue weighted by Gasteiger charge is -2.35. The van der Waals surface area contributed by atoms with Crippen LogP contribution >= 0.6 is 0 Å². The molecule has 0 radical (unpaired) electrons. The van der Waals surface area contributed by atoms with Gasteiger partial charge in [0.05, 0.1) is 0 Å². The number of carbonyl (C=O) groups is 4. The lowest BCUT2D eigenvalue weighted by Crippen LogP contribution is -2.50. The largest absolute Gasteiger partial charge is 0.444 e. The summed E-state index contributed by atoms with van der Waals surface area (Å²) in [6.07, 6.45) is 1.65. The molecule has 0 bridgehead atoms. The van der Waals surface area contributed by atoms with Gasteiger partial charge in [-0.05, 0) is 51.3 Å². The molecule has 200 valence electrons. The molecule has 1 heterocycles. The second-order valence-corrected chi connectivity index (χ2v) is 11.7. The Kier molecular flexibility index (Phi) is 10.6. The number of carbonyl (C=O) groups excluding carboxylic acids is 4. The summed E-state index contributed by atoms with van der Waals surface area (Å²) >= 11 is 0. The van der Waals surface area contributed by atoms with E-state index in [-0.39, 0.29) is 41.8 Å². The smallest absolute Gasteiger partial charge is 0.410 e. The van der Waals surface area contributed by atoms with Crippen molar-refractivity contribution < 1.29 is 23.9 Å². The predicted molar refractivity (Wildman–Crippen MR) is 141 cm³/mol. The third-order valence-electron chi connectivity index (χ3n) is 5.73. The summed E-state index contributed by atoms with van der Waals surface area (Å²) in [5.41, 5.74) is 0.537. The zero-order valence-electron chi connectivity index (χ0n) is 22.8. The highest BCUT2D eigenvalue weighted by Gasteiger charge is 2.25. The number of Topliss-reactive ketones (excluding diaryl/α,β-unsaturated/α-hetero) is 2. The molecule has 1 aliphatic rings. The van der Waals surface area contributed by atoms with E-state index < -0.39 is 5.60 Å². The standard InChI is InChI=1S/C28H43N3O5/c1-27(2,3)20-23(32)12-13-25(34)29-22-10-7-9-21(19-22)24(33)11-8-14-30-15-17-31(18-16-30)26(35)36-28(4,5)6/h7,9-10,19H,8,11-18,20H2,1-6H3,(H,29,34). The Morgan fingerprint density at radius 2 is 1.58 bits per heavy atom. The van der Waals surface area contributed by atoms with E-state index in [1.807, 2.05) is 41.5 Å². The van der Waals surface area contributed by atoms with E-state index >= 15 is 0 Å². The molecule has 0 atom stereocenters. The number of benzene rings is 1. The van der Waals surface area contributed by atoms with Crippen LogP contribution < -0.4 is 5.32 Å². The first-order valence-electron chi connectivity index (χ1n) is 12.9. The van der Waals surface area contributed by atoms with Crippen LogP contribution in [0.2, 0.25) is 0 Å². The summed E-state index contributed by atoms with van der Waals surface area (Å²) in [7, 11) is 0. The van der Waals surface area contributed by atoms with Crippen LogP contribution in [0.4, 0.5) is 10.5 Å². The first-order valence-corrected chi connectivity index (χ1v) is 12.9. The van der Waals surface area contributed by atoms with E-state index in [0.29, 0.717) is 37.2 Å². The quantitative estimate of drug-likeness (QED) is 0.457. The van der Waals surface area contributed by atoms with Crippen LogP contribution in [-0.4, -0.2) is 71.7 Å². The highest BCUT2D eigenvalue weighted by atomic mass is 16.6. The summed E-state index contributed by atoms with van der Waals surface area (Å²) in [5.74, 6) is -0.126. The maximum absolute atomic E-state index is 12.7. The highest BCUT2D eigenvalue weighted by Crippen LogP contribution is 2.20. The number of amides is 2. The van der Waals surface area contributed by atoms with Crippen LogP contribution in [0, 0.1) is 5.41 Å². The molecule has 0 aromatic heterocycles. The van der Waals surface area contributed by atoms with Crippen molar-refractivity contribution in [2.45, 2.75) is 79.2 Å². The third kappa shape index (κ3) is 11.3. The van der Waals surface area contributed by atoms with Crippen molar-refractivity contribution in [3.8, 4) is 0 Å². The number of ketones is 2. The number of nitrogens with zero attached hydrogens (tertiary/aromatic N) is 2. The lowest BCUT2D eigenvalue weighted by atomic mass is 9.89. The van der Waals surface area contributed by atoms with E-state index in [4.69, 9.17) is 4.74 Å². The molecule has 0 saturated carbocycles. The highest BCUT2D eigenvalue weighted by molar-refractivity contribution is 5.99. The minimum Gasteiger partial charge on any atom is -0.444 e. The Hall–Kier alpha value is -2.74. The minimum atomic E-state index is -0.500. The van der Waals surface area contributed by atoms with Crippen LogP contribution in [0.25, 0.3) is 0 Å². The zero-order valence-corrected chi connectivity index (χ0v) is 22.8. The van der Waals surface area contributed by atoms with E-state index in [9.17, 15) is 19.2 Å². The molecular weight excluding hydrogens is 458 g/mol. The monoisotopic (exact) mass is 501 g/mol. The van der Waals surface area contributed by atoms with Gasteiger partial charge < -0.3 is 15.0 Å². The molecule has 8 heteroatoms. The first-order chi connectivity index (χ1) is 16.7. The lowest BCUT2D eigenvalue weighted by molar-refractivity contribution is -0.124. The Bertz CT molecular complexity index is 922. The summed E-state index contributed by atoms with van der Waals surface area (Å²) < 4.78 is 5.43. The SMILES string of the molecule is CC(C)(C)CC(=O)CCC(=O)Nc1cccc(C(=O)CCCN2CCN(C(=O)OC(C)(C)C)CC2)c1. The number of piperazine rings is 1. The molecule has 8 nitrogen and oxygen atoms in total. The number of hydrogen-bond donors (Lipinski definition) is 1. The van der Waals surface area contributed by atoms with Gasteiger partial charge in [-0.2, -0.15) is 0 Å². The molecule has 2 amide bonds. The van der Waals surface area contributed by atoms with Crippen molar-refractivity contribution >= 4 is 29.3 Å². The van der Waals surface area contributed by atoms with E-state index in [1.165, 1.54) is 0 Å². The van der Waals surface area contributed by atoms with Gasteiger partial charge in [-0.15, -0.1) is 0 Å². The maximum Gasteiger partial charge on any atom is 0.410 e. The van der Waals surface area contributed by atoms with Crippen LogP contribution in [0.5, 0.6) is 0 Å². The summed E-state index contributed by atoms with van der Waals surface area (Å²) in [6.45, 7) is 15.1. The molecule has 0 aliphatic carbocycles. The van der Waals surface area contributed by atoms with Gasteiger partial charge >= 0.3 is 6.09 Å². The Morgan fingerprint density at radius 3 is 2.19 bits per heavy atom. The second kappa shape index (κ2) is 13.0. The van der Waals surface area contributed by atoms with Crippen LogP contribution in [-0.2, 0) is 14.3 Å². The fourth-order valence-corrected chi connectivity index (χ4v) is 4.01. The number of rotatable bonds is 10. The zero-order chi connectivity index (χ0) is 26.9. The number of nitrogens with one attached hydrogen (secondary N) is 1. The average molecular weight is 502 g/mol. The van der Waals surface area contributed by atoms with Gasteiger partial charge in [0, 0.05) is 63.1 Å². The Morgan fingerprint density at radius 1 is 0.917 bits per heavy atom. The van der Waals surface area contributed by atoms with Gasteiger partial charge in [0.1, 0.15) is 11.4 Å². The summed E-state index contributed by atoms with van der Waals surface area (Å²) in [5, 5.41) is 2.80. The second-order valence-electron chi connectivity index (χ2n) is 11.7. The van der Waals surface area contributed by atoms with Gasteiger partial charge in [0.15, 0.2) is 5.78 Å².